The van der Waals surface area contributed by atoms with E-state index in [1.54, 1.807) is 0 Å². The molecular formula is C38H27NO. The molecule has 0 radical (unpaired) electrons. The van der Waals surface area contributed by atoms with E-state index in [4.69, 9.17) is 9.40 Å². The van der Waals surface area contributed by atoms with Crippen LogP contribution in [0.25, 0.3) is 66.7 Å². The summed E-state index contributed by atoms with van der Waals surface area (Å²) >= 11 is 0. The molecule has 2 heterocycles. The number of hydrogen-bond donors (Lipinski definition) is 0. The molecule has 0 bridgehead atoms. The van der Waals surface area contributed by atoms with Crippen molar-refractivity contribution in [2.45, 2.75) is 19.3 Å². The van der Waals surface area contributed by atoms with Crippen molar-refractivity contribution in [3.8, 4) is 44.8 Å². The van der Waals surface area contributed by atoms with Crippen molar-refractivity contribution in [3.63, 3.8) is 0 Å². The van der Waals surface area contributed by atoms with Crippen LogP contribution >= 0.6 is 0 Å². The maximum absolute atomic E-state index is 6.26. The second-order valence-electron chi connectivity index (χ2n) is 11.2. The van der Waals surface area contributed by atoms with Gasteiger partial charge < -0.3 is 4.42 Å². The van der Waals surface area contributed by atoms with Crippen molar-refractivity contribution in [2.75, 3.05) is 0 Å². The number of aromatic nitrogens is 1. The van der Waals surface area contributed by atoms with Crippen molar-refractivity contribution in [1.82, 2.24) is 4.98 Å². The molecule has 0 saturated carbocycles. The zero-order valence-electron chi connectivity index (χ0n) is 22.5. The summed E-state index contributed by atoms with van der Waals surface area (Å²) in [4.78, 5) is 5.07. The monoisotopic (exact) mass is 513 g/mol. The minimum Gasteiger partial charge on any atom is -0.456 e. The number of benzene rings is 5. The van der Waals surface area contributed by atoms with Crippen LogP contribution in [0, 0.1) is 0 Å². The lowest BCUT2D eigenvalue weighted by Gasteiger charge is -2.22. The van der Waals surface area contributed by atoms with Crippen LogP contribution in [0.1, 0.15) is 25.0 Å². The fourth-order valence-corrected chi connectivity index (χ4v) is 6.34. The van der Waals surface area contributed by atoms with Gasteiger partial charge in [0.2, 0.25) is 0 Å². The summed E-state index contributed by atoms with van der Waals surface area (Å²) in [5, 5.41) is 2.36. The largest absolute Gasteiger partial charge is 0.456 e. The van der Waals surface area contributed by atoms with Gasteiger partial charge in [0, 0.05) is 27.3 Å². The van der Waals surface area contributed by atoms with Gasteiger partial charge in [0.15, 0.2) is 0 Å². The molecule has 7 aromatic rings. The summed E-state index contributed by atoms with van der Waals surface area (Å²) in [6.45, 7) is 4.68. The van der Waals surface area contributed by atoms with Crippen LogP contribution in [0.3, 0.4) is 0 Å². The first-order chi connectivity index (χ1) is 19.6. The van der Waals surface area contributed by atoms with Gasteiger partial charge in [-0.05, 0) is 69.8 Å². The van der Waals surface area contributed by atoms with E-state index in [9.17, 15) is 0 Å². The summed E-state index contributed by atoms with van der Waals surface area (Å²) in [5.74, 6) is 0. The van der Waals surface area contributed by atoms with Crippen LogP contribution in [-0.2, 0) is 5.41 Å². The lowest BCUT2D eigenvalue weighted by atomic mass is 9.81. The number of nitrogens with zero attached hydrogens (tertiary/aromatic N) is 1. The topological polar surface area (TPSA) is 26.0 Å². The third-order valence-electron chi connectivity index (χ3n) is 8.47. The normalized spacial score (nSPS) is 13.4. The first-order valence-electron chi connectivity index (χ1n) is 13.8. The van der Waals surface area contributed by atoms with E-state index in [1.165, 1.54) is 44.2 Å². The van der Waals surface area contributed by atoms with Crippen LogP contribution in [-0.4, -0.2) is 4.98 Å². The molecule has 0 fully saturated rings. The van der Waals surface area contributed by atoms with E-state index in [1.807, 2.05) is 24.3 Å². The Balaban J connectivity index is 1.30. The van der Waals surface area contributed by atoms with Crippen molar-refractivity contribution in [3.05, 3.63) is 139 Å². The van der Waals surface area contributed by atoms with Gasteiger partial charge in [-0.1, -0.05) is 105 Å². The standard InChI is InChI=1S/C38H27NO/c1-38(2)32-19-26(17-18-28(32)30-23-37-31(22-33(30)38)29-15-9-10-16-36(29)40-37)27-20-34(24-11-5-3-6-12-24)39-35(21-27)25-13-7-4-8-14-25/h3-23H,1-2H3. The second-order valence-corrected chi connectivity index (χ2v) is 11.2. The van der Waals surface area contributed by atoms with E-state index in [2.05, 4.69) is 117 Å². The molecule has 2 nitrogen and oxygen atoms in total. The Morgan fingerprint density at radius 2 is 1.10 bits per heavy atom. The third kappa shape index (κ3) is 3.46. The van der Waals surface area contributed by atoms with E-state index < -0.39 is 0 Å². The lowest BCUT2D eigenvalue weighted by Crippen LogP contribution is -2.15. The average Bonchev–Trinajstić information content (AvgIpc) is 3.48. The molecule has 2 aromatic heterocycles. The Bertz CT molecular complexity index is 2010. The number of pyridine rings is 1. The molecule has 40 heavy (non-hydrogen) atoms. The molecule has 8 rings (SSSR count). The van der Waals surface area contributed by atoms with E-state index in [0.717, 1.165) is 33.7 Å². The van der Waals surface area contributed by atoms with Gasteiger partial charge >= 0.3 is 0 Å². The summed E-state index contributed by atoms with van der Waals surface area (Å²) in [7, 11) is 0. The van der Waals surface area contributed by atoms with E-state index >= 15 is 0 Å². The van der Waals surface area contributed by atoms with Crippen LogP contribution in [0.4, 0.5) is 0 Å². The summed E-state index contributed by atoms with van der Waals surface area (Å²) in [6.07, 6.45) is 0. The van der Waals surface area contributed by atoms with Gasteiger partial charge in [0.05, 0.1) is 11.4 Å². The molecule has 5 aromatic carbocycles. The number of rotatable bonds is 3. The van der Waals surface area contributed by atoms with Gasteiger partial charge in [-0.15, -0.1) is 0 Å². The maximum atomic E-state index is 6.26. The predicted molar refractivity (Wildman–Crippen MR) is 165 cm³/mol. The van der Waals surface area contributed by atoms with Gasteiger partial charge in [0.1, 0.15) is 11.2 Å². The SMILES string of the molecule is CC1(C)c2cc(-c3cc(-c4ccccc4)nc(-c4ccccc4)c3)ccc2-c2cc3oc4ccccc4c3cc21. The van der Waals surface area contributed by atoms with Crippen LogP contribution < -0.4 is 0 Å². The molecule has 190 valence electrons. The number of furan rings is 1. The maximum Gasteiger partial charge on any atom is 0.136 e. The Kier molecular flexibility index (Phi) is 4.90. The Morgan fingerprint density at radius 3 is 1.80 bits per heavy atom. The first kappa shape index (κ1) is 23.0. The molecule has 0 atom stereocenters. The lowest BCUT2D eigenvalue weighted by molar-refractivity contribution is 0.658. The zero-order chi connectivity index (χ0) is 26.8. The average molecular weight is 514 g/mol. The molecule has 1 aliphatic rings. The Hall–Kier alpha value is -4.95. The molecule has 0 aliphatic heterocycles. The fourth-order valence-electron chi connectivity index (χ4n) is 6.34. The molecule has 1 aliphatic carbocycles. The van der Waals surface area contributed by atoms with Crippen molar-refractivity contribution in [2.24, 2.45) is 0 Å². The van der Waals surface area contributed by atoms with E-state index in [0.29, 0.717) is 0 Å². The number of fused-ring (bicyclic) bond motifs is 6. The molecule has 0 spiro atoms. The van der Waals surface area contributed by atoms with Crippen LogP contribution in [0.2, 0.25) is 0 Å². The first-order valence-corrected chi connectivity index (χ1v) is 13.8. The van der Waals surface area contributed by atoms with E-state index in [-0.39, 0.29) is 5.41 Å². The van der Waals surface area contributed by atoms with Gasteiger partial charge in [-0.2, -0.15) is 0 Å². The van der Waals surface area contributed by atoms with Crippen LogP contribution in [0.15, 0.2) is 132 Å². The van der Waals surface area contributed by atoms with Gasteiger partial charge in [0.25, 0.3) is 0 Å². The minimum atomic E-state index is -0.134. The van der Waals surface area contributed by atoms with Gasteiger partial charge in [-0.25, -0.2) is 4.98 Å². The minimum absolute atomic E-state index is 0.134. The summed E-state index contributed by atoms with van der Waals surface area (Å²) in [6, 6.07) is 45.2. The molecule has 0 N–H and O–H groups in total. The molecule has 0 amide bonds. The van der Waals surface area contributed by atoms with Crippen molar-refractivity contribution in [1.29, 1.82) is 0 Å². The Morgan fingerprint density at radius 1 is 0.475 bits per heavy atom. The molecule has 0 saturated heterocycles. The fraction of sp³-hybridized carbons (Fsp3) is 0.0789. The highest BCUT2D eigenvalue weighted by Gasteiger charge is 2.36. The summed E-state index contributed by atoms with van der Waals surface area (Å²) in [5.41, 5.74) is 13.6. The predicted octanol–water partition coefficient (Wildman–Crippen LogP) is 10.3. The third-order valence-corrected chi connectivity index (χ3v) is 8.47. The number of para-hydroxylation sites is 1. The van der Waals surface area contributed by atoms with Gasteiger partial charge in [-0.3, -0.25) is 0 Å². The molecular weight excluding hydrogens is 486 g/mol. The highest BCUT2D eigenvalue weighted by molar-refractivity contribution is 6.07. The van der Waals surface area contributed by atoms with Crippen LogP contribution in [0.5, 0.6) is 0 Å². The Labute approximate surface area is 233 Å². The zero-order valence-corrected chi connectivity index (χ0v) is 22.5. The highest BCUT2D eigenvalue weighted by atomic mass is 16.3. The van der Waals surface area contributed by atoms with Crippen molar-refractivity contribution < 1.29 is 4.42 Å². The number of hydrogen-bond acceptors (Lipinski definition) is 2. The molecule has 2 heteroatoms. The summed E-state index contributed by atoms with van der Waals surface area (Å²) < 4.78 is 6.26. The molecule has 0 unspecified atom stereocenters. The second kappa shape index (κ2) is 8.53. The smallest absolute Gasteiger partial charge is 0.136 e. The highest BCUT2D eigenvalue weighted by Crippen LogP contribution is 2.51. The van der Waals surface area contributed by atoms with Crippen molar-refractivity contribution >= 4 is 21.9 Å². The quantitative estimate of drug-likeness (QED) is 0.235.